The largest absolute Gasteiger partial charge is 0.489 e. The zero-order chi connectivity index (χ0) is 19.2. The van der Waals surface area contributed by atoms with E-state index in [1.54, 1.807) is 0 Å². The lowest BCUT2D eigenvalue weighted by molar-refractivity contribution is 0.301. The molecule has 0 aliphatic heterocycles. The van der Waals surface area contributed by atoms with Crippen LogP contribution in [0.15, 0.2) is 60.7 Å². The zero-order valence-corrected chi connectivity index (χ0v) is 18.1. The lowest BCUT2D eigenvalue weighted by Gasteiger charge is -2.19. The molecule has 0 unspecified atom stereocenters. The minimum absolute atomic E-state index is 0. The molecule has 1 aliphatic rings. The molecule has 0 aromatic heterocycles. The number of aryl methyl sites for hydroxylation is 1. The first-order valence-electron chi connectivity index (χ1n) is 10.7. The Morgan fingerprint density at radius 1 is 0.862 bits per heavy atom. The van der Waals surface area contributed by atoms with E-state index in [0.29, 0.717) is 12.6 Å². The number of fused-ring (bicyclic) bond motifs is 1. The van der Waals surface area contributed by atoms with Crippen LogP contribution in [0.5, 0.6) is 5.75 Å². The fourth-order valence-corrected chi connectivity index (χ4v) is 4.21. The van der Waals surface area contributed by atoms with E-state index in [4.69, 9.17) is 4.74 Å². The molecule has 0 bridgehead atoms. The summed E-state index contributed by atoms with van der Waals surface area (Å²) in [6, 6.07) is 22.2. The molecule has 29 heavy (non-hydrogen) atoms. The molecule has 1 aliphatic carbocycles. The Kier molecular flexibility index (Phi) is 7.97. The molecular formula is C26H32ClNO. The van der Waals surface area contributed by atoms with Gasteiger partial charge >= 0.3 is 0 Å². The first-order valence-corrected chi connectivity index (χ1v) is 10.7. The SMILES string of the molecule is Cc1ccc(COc2ccc3ccccc3c2CNC2CCCCCC2)cc1.Cl. The fourth-order valence-electron chi connectivity index (χ4n) is 4.21. The average molecular weight is 410 g/mol. The Hall–Kier alpha value is -2.03. The molecule has 0 spiro atoms. The third kappa shape index (κ3) is 5.74. The van der Waals surface area contributed by atoms with Crippen LogP contribution in [0.4, 0.5) is 0 Å². The lowest BCUT2D eigenvalue weighted by atomic mass is 10.0. The van der Waals surface area contributed by atoms with Gasteiger partial charge in [0.1, 0.15) is 12.4 Å². The predicted molar refractivity (Wildman–Crippen MR) is 125 cm³/mol. The third-order valence-electron chi connectivity index (χ3n) is 5.94. The topological polar surface area (TPSA) is 21.3 Å². The maximum Gasteiger partial charge on any atom is 0.124 e. The standard InChI is InChI=1S/C26H31NO.ClH/c1-20-12-14-21(15-13-20)19-28-26-17-16-22-8-6-7-11-24(22)25(26)18-27-23-9-4-2-3-5-10-23;/h6-8,11-17,23,27H,2-5,9-10,18-19H2,1H3;1H. The van der Waals surface area contributed by atoms with Gasteiger partial charge in [0.05, 0.1) is 0 Å². The summed E-state index contributed by atoms with van der Waals surface area (Å²) in [5, 5.41) is 6.41. The van der Waals surface area contributed by atoms with Gasteiger partial charge in [-0.15, -0.1) is 12.4 Å². The normalized spacial score (nSPS) is 14.9. The third-order valence-corrected chi connectivity index (χ3v) is 5.94. The summed E-state index contributed by atoms with van der Waals surface area (Å²) < 4.78 is 6.30. The van der Waals surface area contributed by atoms with Gasteiger partial charge < -0.3 is 10.1 Å². The Morgan fingerprint density at radius 3 is 2.34 bits per heavy atom. The summed E-state index contributed by atoms with van der Waals surface area (Å²) in [7, 11) is 0. The van der Waals surface area contributed by atoms with E-state index in [0.717, 1.165) is 12.3 Å². The highest BCUT2D eigenvalue weighted by Gasteiger charge is 2.14. The van der Waals surface area contributed by atoms with Gasteiger partial charge in [-0.2, -0.15) is 0 Å². The van der Waals surface area contributed by atoms with E-state index in [1.807, 2.05) is 0 Å². The van der Waals surface area contributed by atoms with Crippen LogP contribution >= 0.6 is 12.4 Å². The predicted octanol–water partition coefficient (Wildman–Crippen LogP) is 6.96. The molecule has 1 saturated carbocycles. The minimum Gasteiger partial charge on any atom is -0.489 e. The molecular weight excluding hydrogens is 378 g/mol. The molecule has 0 radical (unpaired) electrons. The van der Waals surface area contributed by atoms with E-state index in [2.05, 4.69) is 72.9 Å². The van der Waals surface area contributed by atoms with E-state index in [1.165, 1.54) is 66.0 Å². The number of hydrogen-bond donors (Lipinski definition) is 1. The molecule has 3 aromatic carbocycles. The van der Waals surface area contributed by atoms with Gasteiger partial charge in [0.25, 0.3) is 0 Å². The highest BCUT2D eigenvalue weighted by atomic mass is 35.5. The lowest BCUT2D eigenvalue weighted by Crippen LogP contribution is -2.28. The van der Waals surface area contributed by atoms with E-state index in [-0.39, 0.29) is 12.4 Å². The summed E-state index contributed by atoms with van der Waals surface area (Å²) in [6.45, 7) is 3.59. The van der Waals surface area contributed by atoms with Gasteiger partial charge in [0.15, 0.2) is 0 Å². The van der Waals surface area contributed by atoms with Crippen molar-refractivity contribution in [3.05, 3.63) is 77.4 Å². The second-order valence-corrected chi connectivity index (χ2v) is 8.11. The van der Waals surface area contributed by atoms with Crippen molar-refractivity contribution < 1.29 is 4.74 Å². The van der Waals surface area contributed by atoms with Crippen molar-refractivity contribution in [2.24, 2.45) is 0 Å². The van der Waals surface area contributed by atoms with Crippen molar-refractivity contribution in [1.82, 2.24) is 5.32 Å². The number of ether oxygens (including phenoxy) is 1. The second-order valence-electron chi connectivity index (χ2n) is 8.11. The van der Waals surface area contributed by atoms with Gasteiger partial charge in [-0.3, -0.25) is 0 Å². The van der Waals surface area contributed by atoms with Gasteiger partial charge in [0, 0.05) is 18.2 Å². The Labute approximate surface area is 181 Å². The first kappa shape index (κ1) is 21.7. The van der Waals surface area contributed by atoms with Gasteiger partial charge in [-0.1, -0.05) is 85.8 Å². The maximum absolute atomic E-state index is 6.30. The number of benzene rings is 3. The first-order chi connectivity index (χ1) is 13.8. The molecule has 3 aromatic rings. The van der Waals surface area contributed by atoms with Gasteiger partial charge in [-0.05, 0) is 42.2 Å². The summed E-state index contributed by atoms with van der Waals surface area (Å²) in [5.41, 5.74) is 3.78. The van der Waals surface area contributed by atoms with E-state index < -0.39 is 0 Å². The van der Waals surface area contributed by atoms with Crippen molar-refractivity contribution in [2.45, 2.75) is 64.6 Å². The molecule has 1 N–H and O–H groups in total. The zero-order valence-electron chi connectivity index (χ0n) is 17.3. The van der Waals surface area contributed by atoms with Crippen LogP contribution in [-0.4, -0.2) is 6.04 Å². The Bertz CT molecular complexity index is 898. The van der Waals surface area contributed by atoms with Crippen LogP contribution in [0.3, 0.4) is 0 Å². The van der Waals surface area contributed by atoms with Crippen molar-refractivity contribution in [3.63, 3.8) is 0 Å². The highest BCUT2D eigenvalue weighted by molar-refractivity contribution is 5.87. The molecule has 3 heteroatoms. The Morgan fingerprint density at radius 2 is 1.59 bits per heavy atom. The van der Waals surface area contributed by atoms with Gasteiger partial charge in [-0.25, -0.2) is 0 Å². The number of nitrogens with one attached hydrogen (secondary N) is 1. The number of hydrogen-bond acceptors (Lipinski definition) is 2. The highest BCUT2D eigenvalue weighted by Crippen LogP contribution is 2.29. The summed E-state index contributed by atoms with van der Waals surface area (Å²) in [6.07, 6.45) is 8.07. The van der Waals surface area contributed by atoms with Crippen LogP contribution in [0.1, 0.15) is 55.2 Å². The van der Waals surface area contributed by atoms with E-state index >= 15 is 0 Å². The summed E-state index contributed by atoms with van der Waals surface area (Å²) in [4.78, 5) is 0. The molecule has 4 rings (SSSR count). The van der Waals surface area contributed by atoms with Crippen LogP contribution in [0.25, 0.3) is 10.8 Å². The molecule has 0 heterocycles. The second kappa shape index (κ2) is 10.7. The van der Waals surface area contributed by atoms with Crippen molar-refractivity contribution in [1.29, 1.82) is 0 Å². The smallest absolute Gasteiger partial charge is 0.124 e. The van der Waals surface area contributed by atoms with Crippen molar-refractivity contribution in [3.8, 4) is 5.75 Å². The molecule has 1 fully saturated rings. The number of rotatable bonds is 6. The maximum atomic E-state index is 6.30. The monoisotopic (exact) mass is 409 g/mol. The van der Waals surface area contributed by atoms with Crippen molar-refractivity contribution in [2.75, 3.05) is 0 Å². The van der Waals surface area contributed by atoms with Crippen LogP contribution < -0.4 is 10.1 Å². The fraction of sp³-hybridized carbons (Fsp3) is 0.385. The summed E-state index contributed by atoms with van der Waals surface area (Å²) >= 11 is 0. The minimum atomic E-state index is 0. The van der Waals surface area contributed by atoms with E-state index in [9.17, 15) is 0 Å². The van der Waals surface area contributed by atoms with Crippen molar-refractivity contribution >= 4 is 23.2 Å². The molecule has 0 saturated heterocycles. The molecule has 2 nitrogen and oxygen atoms in total. The van der Waals surface area contributed by atoms with Gasteiger partial charge in [0.2, 0.25) is 0 Å². The molecule has 0 atom stereocenters. The number of halogens is 1. The van der Waals surface area contributed by atoms with Crippen LogP contribution in [-0.2, 0) is 13.2 Å². The molecule has 0 amide bonds. The Balaban J connectivity index is 0.00000240. The van der Waals surface area contributed by atoms with Crippen LogP contribution in [0, 0.1) is 6.92 Å². The average Bonchev–Trinajstić information content (AvgIpc) is 3.01. The molecule has 154 valence electrons. The summed E-state index contributed by atoms with van der Waals surface area (Å²) in [5.74, 6) is 1.00. The quantitative estimate of drug-likeness (QED) is 0.444. The van der Waals surface area contributed by atoms with Crippen LogP contribution in [0.2, 0.25) is 0 Å².